The highest BCUT2D eigenvalue weighted by Crippen LogP contribution is 1.79. The van der Waals surface area contributed by atoms with Gasteiger partial charge < -0.3 is 12.6 Å². The lowest BCUT2D eigenvalue weighted by Gasteiger charge is -1.95. The normalized spacial score (nSPS) is 8.57. The third-order valence-electron chi connectivity index (χ3n) is 0.542. The van der Waals surface area contributed by atoms with Crippen LogP contribution in [0.25, 0.3) is 0 Å². The molecule has 0 aliphatic rings. The molecule has 0 bridgehead atoms. The van der Waals surface area contributed by atoms with Gasteiger partial charge in [-0.05, 0) is 6.07 Å². The highest BCUT2D eigenvalue weighted by molar-refractivity contribution is 7.58. The van der Waals surface area contributed by atoms with Gasteiger partial charge in [0.25, 0.3) is 0 Å². The van der Waals surface area contributed by atoms with E-state index in [2.05, 4.69) is 22.6 Å². The van der Waals surface area contributed by atoms with E-state index in [-0.39, 0.29) is 0 Å². The zero-order valence-electron chi connectivity index (χ0n) is 3.53. The van der Waals surface area contributed by atoms with Crippen molar-refractivity contribution in [2.24, 2.45) is 0 Å². The lowest BCUT2D eigenvalue weighted by atomic mass is 10.7. The van der Waals surface area contributed by atoms with Crippen molar-refractivity contribution in [3.8, 4) is 0 Å². The fourth-order valence-corrected chi connectivity index (χ4v) is 0.407. The summed E-state index contributed by atoms with van der Waals surface area (Å²) in [5.41, 5.74) is 0. The molecule has 7 heavy (non-hydrogen) atoms. The minimum atomic E-state index is 0.405. The molecule has 0 spiro atoms. The molecule has 0 unspecified atom stereocenters. The van der Waals surface area contributed by atoms with E-state index in [4.69, 9.17) is 0 Å². The van der Waals surface area contributed by atoms with Crippen molar-refractivity contribution in [3.05, 3.63) is 18.5 Å². The van der Waals surface area contributed by atoms with Crippen LogP contribution in [0, 0.1) is 0 Å². The van der Waals surface area contributed by atoms with E-state index in [1.807, 2.05) is 0 Å². The summed E-state index contributed by atoms with van der Waals surface area (Å²) in [5.74, 6) is 0. The fourth-order valence-electron chi connectivity index (χ4n) is 0.285. The lowest BCUT2D eigenvalue weighted by Crippen LogP contribution is -1.79. The lowest BCUT2D eigenvalue weighted by molar-refractivity contribution is 0.973. The van der Waals surface area contributed by atoms with Crippen LogP contribution in [0.1, 0.15) is 0 Å². The van der Waals surface area contributed by atoms with E-state index in [0.29, 0.717) is 5.16 Å². The topological polar surface area (TPSA) is 25.8 Å². The van der Waals surface area contributed by atoms with Crippen molar-refractivity contribution in [2.45, 2.75) is 5.16 Å². The van der Waals surface area contributed by atoms with Crippen molar-refractivity contribution in [1.82, 2.24) is 9.97 Å². The third kappa shape index (κ3) is 1.08. The van der Waals surface area contributed by atoms with Gasteiger partial charge in [-0.2, -0.15) is 0 Å². The highest BCUT2D eigenvalue weighted by Gasteiger charge is 1.65. The Balaban J connectivity index is 3.02. The van der Waals surface area contributed by atoms with Gasteiger partial charge in [-0.15, -0.1) is 0 Å². The molecule has 0 amide bonds. The second-order valence-corrected chi connectivity index (χ2v) is 1.40. The average molecular weight is 112 g/mol. The van der Waals surface area contributed by atoms with Crippen molar-refractivity contribution in [3.63, 3.8) is 0 Å². The van der Waals surface area contributed by atoms with Gasteiger partial charge in [0.1, 0.15) is 0 Å². The molecule has 0 atom stereocenters. The van der Waals surface area contributed by atoms with Crippen LogP contribution >= 0.6 is 0 Å². The Labute approximate surface area is 47.0 Å². The summed E-state index contributed by atoms with van der Waals surface area (Å²) in [5, 5.41) is 0.405. The van der Waals surface area contributed by atoms with E-state index in [1.165, 1.54) is 0 Å². The maximum absolute atomic E-state index is 4.59. The van der Waals surface area contributed by atoms with Crippen molar-refractivity contribution < 1.29 is 0 Å². The van der Waals surface area contributed by atoms with Gasteiger partial charge in [-0.1, -0.05) is 0 Å². The molecule has 0 N–H and O–H groups in total. The standard InChI is InChI=1S/C4H4N2S/c7-4-5-2-1-3-6-4/h1-3H,(H,5,6,7)/p-1/i5+1. The van der Waals surface area contributed by atoms with Crippen LogP contribution in [0.15, 0.2) is 23.6 Å². The number of hydrogen-bond donors (Lipinski definition) is 0. The molecule has 3 heteroatoms. The van der Waals surface area contributed by atoms with E-state index in [9.17, 15) is 0 Å². The molecule has 0 saturated carbocycles. The Hall–Kier alpha value is -0.700. The van der Waals surface area contributed by atoms with Crippen LogP contribution in [-0.4, -0.2) is 9.97 Å². The zero-order chi connectivity index (χ0) is 5.11. The SMILES string of the molecule is [S-]c1nccc[15n]1. The largest absolute Gasteiger partial charge is 0.740 e. The summed E-state index contributed by atoms with van der Waals surface area (Å²) in [6.07, 6.45) is 3.24. The maximum Gasteiger partial charge on any atom is 0.0283 e. The molecular weight excluding hydrogens is 109 g/mol. The molecule has 1 heterocycles. The van der Waals surface area contributed by atoms with E-state index in [1.54, 1.807) is 18.5 Å². The minimum absolute atomic E-state index is 0.405. The Bertz CT molecular complexity index is 140. The number of aromatic nitrogens is 2. The van der Waals surface area contributed by atoms with Gasteiger partial charge in [0.2, 0.25) is 0 Å². The Morgan fingerprint density at radius 3 is 2.14 bits per heavy atom. The summed E-state index contributed by atoms with van der Waals surface area (Å²) in [6, 6.07) is 1.73. The van der Waals surface area contributed by atoms with Crippen LogP contribution in [0.5, 0.6) is 0 Å². The molecule has 0 radical (unpaired) electrons. The quantitative estimate of drug-likeness (QED) is 0.358. The van der Waals surface area contributed by atoms with Crippen LogP contribution < -0.4 is 0 Å². The molecule has 36 valence electrons. The van der Waals surface area contributed by atoms with E-state index < -0.39 is 0 Å². The van der Waals surface area contributed by atoms with Gasteiger partial charge in [-0.25, -0.2) is 0 Å². The summed E-state index contributed by atoms with van der Waals surface area (Å²) in [6.45, 7) is 0. The van der Waals surface area contributed by atoms with Crippen molar-refractivity contribution >= 4 is 12.6 Å². The van der Waals surface area contributed by atoms with Crippen LogP contribution in [0.4, 0.5) is 0 Å². The van der Waals surface area contributed by atoms with Crippen LogP contribution in [0.2, 0.25) is 0 Å². The molecule has 0 aromatic carbocycles. The van der Waals surface area contributed by atoms with Gasteiger partial charge >= 0.3 is 0 Å². The van der Waals surface area contributed by atoms with Gasteiger partial charge in [-0.3, -0.25) is 9.97 Å². The molecule has 1 aromatic rings. The molecule has 1 rings (SSSR count). The first-order valence-corrected chi connectivity index (χ1v) is 2.24. The first-order valence-electron chi connectivity index (χ1n) is 1.83. The number of hydrogen-bond acceptors (Lipinski definition) is 3. The molecule has 0 aliphatic carbocycles. The second kappa shape index (κ2) is 1.84. The van der Waals surface area contributed by atoms with Gasteiger partial charge in [0.15, 0.2) is 0 Å². The number of rotatable bonds is 0. The number of nitrogens with zero attached hydrogens (tertiary/aromatic N) is 2. The van der Waals surface area contributed by atoms with E-state index in [0.717, 1.165) is 0 Å². The molecule has 0 saturated heterocycles. The van der Waals surface area contributed by atoms with Gasteiger partial charge in [0.05, 0.1) is 0 Å². The Kier molecular flexibility index (Phi) is 1.17. The molecule has 1 aromatic heterocycles. The smallest absolute Gasteiger partial charge is 0.0283 e. The third-order valence-corrected chi connectivity index (χ3v) is 0.753. The van der Waals surface area contributed by atoms with Crippen molar-refractivity contribution in [1.29, 1.82) is 0 Å². The predicted octanol–water partition coefficient (Wildman–Crippen LogP) is 0.382. The fraction of sp³-hybridized carbons (Fsp3) is 0. The minimum Gasteiger partial charge on any atom is -0.740 e. The zero-order valence-corrected chi connectivity index (χ0v) is 4.35. The maximum atomic E-state index is 4.59. The molecular formula is C4H3N2S-. The first kappa shape index (κ1) is 4.46. The average Bonchev–Trinajstić information content (AvgIpc) is 1.69. The molecule has 2 nitrogen and oxygen atoms in total. The Morgan fingerprint density at radius 1 is 1.29 bits per heavy atom. The molecule has 0 fully saturated rings. The molecule has 0 aliphatic heterocycles. The summed E-state index contributed by atoms with van der Waals surface area (Å²) in [7, 11) is 0. The van der Waals surface area contributed by atoms with Gasteiger partial charge in [0, 0.05) is 17.6 Å². The van der Waals surface area contributed by atoms with Crippen molar-refractivity contribution in [2.75, 3.05) is 0 Å². The van der Waals surface area contributed by atoms with E-state index >= 15 is 0 Å². The second-order valence-electron chi connectivity index (χ2n) is 1.03. The Morgan fingerprint density at radius 2 is 1.86 bits per heavy atom. The summed E-state index contributed by atoms with van der Waals surface area (Å²) >= 11 is 4.59. The first-order chi connectivity index (χ1) is 3.39. The highest BCUT2D eigenvalue weighted by atomic mass is 32.1. The summed E-state index contributed by atoms with van der Waals surface area (Å²) in [4.78, 5) is 7.37. The van der Waals surface area contributed by atoms with Crippen LogP contribution in [-0.2, 0) is 12.6 Å². The van der Waals surface area contributed by atoms with Crippen LogP contribution in [0.3, 0.4) is 0 Å². The monoisotopic (exact) mass is 112 g/mol. The summed E-state index contributed by atoms with van der Waals surface area (Å²) < 4.78 is 0. The predicted molar refractivity (Wildman–Crippen MR) is 27.7 cm³/mol.